The highest BCUT2D eigenvalue weighted by molar-refractivity contribution is 5.82. The van der Waals surface area contributed by atoms with E-state index >= 15 is 0 Å². The molecule has 0 aromatic rings. The van der Waals surface area contributed by atoms with Crippen molar-refractivity contribution >= 4 is 5.97 Å². The Hall–Kier alpha value is -1.65. The molecular weight excluding hydrogens is 242 g/mol. The van der Waals surface area contributed by atoms with Gasteiger partial charge in [0.1, 0.15) is 6.26 Å². The van der Waals surface area contributed by atoms with Gasteiger partial charge < -0.3 is 9.47 Å². The Kier molecular flexibility index (Phi) is 10.7. The van der Waals surface area contributed by atoms with Gasteiger partial charge in [-0.25, -0.2) is 4.79 Å². The van der Waals surface area contributed by atoms with E-state index in [1.165, 1.54) is 6.08 Å². The minimum atomic E-state index is -1.82. The zero-order valence-corrected chi connectivity index (χ0v) is 10.4. The van der Waals surface area contributed by atoms with Crippen molar-refractivity contribution in [3.8, 4) is 0 Å². The molecule has 0 aliphatic heterocycles. The Morgan fingerprint density at radius 3 is 2.67 bits per heavy atom. The summed E-state index contributed by atoms with van der Waals surface area (Å²) in [5.41, 5.74) is 0. The summed E-state index contributed by atoms with van der Waals surface area (Å²) in [6.07, 6.45) is 7.57. The fraction of sp³-hybridized carbons (Fsp3) is 0.462. The second-order valence-corrected chi connectivity index (χ2v) is 3.31. The van der Waals surface area contributed by atoms with Gasteiger partial charge in [0.05, 0.1) is 13.2 Å². The molecule has 0 saturated heterocycles. The van der Waals surface area contributed by atoms with Crippen LogP contribution < -0.4 is 0 Å². The first-order valence-electron chi connectivity index (χ1n) is 5.79. The average molecular weight is 260 g/mol. The fourth-order valence-electron chi connectivity index (χ4n) is 1.07. The lowest BCUT2D eigenvalue weighted by molar-refractivity contribution is -0.137. The number of allylic oxidation sites excluding steroid dienone is 3. The molecule has 3 nitrogen and oxygen atoms in total. The first-order chi connectivity index (χ1) is 8.66. The number of unbranched alkanes of at least 4 members (excludes halogenated alkanes) is 2. The highest BCUT2D eigenvalue weighted by Gasteiger charge is 1.90. The molecule has 0 aromatic carbocycles. The maximum atomic E-state index is 11.5. The van der Waals surface area contributed by atoms with E-state index in [4.69, 9.17) is 4.74 Å². The van der Waals surface area contributed by atoms with Crippen LogP contribution >= 0.6 is 0 Å². The van der Waals surface area contributed by atoms with Crippen LogP contribution in [0, 0.1) is 0 Å². The third-order valence-electron chi connectivity index (χ3n) is 1.82. The molecular formula is C13H18F2O3. The Morgan fingerprint density at radius 1 is 1.22 bits per heavy atom. The van der Waals surface area contributed by atoms with Gasteiger partial charge in [-0.05, 0) is 26.2 Å². The molecule has 0 heterocycles. The van der Waals surface area contributed by atoms with E-state index in [-0.39, 0.29) is 12.6 Å². The maximum absolute atomic E-state index is 11.5. The summed E-state index contributed by atoms with van der Waals surface area (Å²) in [6.45, 7) is 2.39. The molecule has 0 bridgehead atoms. The standard InChI is InChI=1S/C13H18F2O3/c1-2-18-13(16)9-7-5-3-4-6-8-10-17-11-12(14)15/h3,5,7,9,11H,2,4,6,8,10H2,1H3/b5-3+,9-7+. The van der Waals surface area contributed by atoms with Gasteiger partial charge in [0, 0.05) is 6.08 Å². The minimum Gasteiger partial charge on any atom is -0.496 e. The van der Waals surface area contributed by atoms with E-state index in [0.717, 1.165) is 12.8 Å². The smallest absolute Gasteiger partial charge is 0.330 e. The molecule has 0 saturated carbocycles. The lowest BCUT2D eigenvalue weighted by Crippen LogP contribution is -1.98. The molecule has 5 heteroatoms. The normalized spacial score (nSPS) is 10.8. The van der Waals surface area contributed by atoms with Crippen LogP contribution in [0.5, 0.6) is 0 Å². The van der Waals surface area contributed by atoms with Crippen molar-refractivity contribution in [3.05, 3.63) is 36.6 Å². The van der Waals surface area contributed by atoms with E-state index in [0.29, 0.717) is 19.3 Å². The first kappa shape index (κ1) is 16.4. The molecule has 0 aliphatic carbocycles. The maximum Gasteiger partial charge on any atom is 0.330 e. The zero-order chi connectivity index (χ0) is 13.6. The van der Waals surface area contributed by atoms with Gasteiger partial charge in [0.15, 0.2) is 0 Å². The lowest BCUT2D eigenvalue weighted by atomic mass is 10.2. The van der Waals surface area contributed by atoms with Gasteiger partial charge in [-0.3, -0.25) is 0 Å². The second-order valence-electron chi connectivity index (χ2n) is 3.31. The molecule has 0 aromatic heterocycles. The molecule has 0 spiro atoms. The molecule has 0 aliphatic rings. The predicted molar refractivity (Wildman–Crippen MR) is 65.0 cm³/mol. The second kappa shape index (κ2) is 11.8. The highest BCUT2D eigenvalue weighted by atomic mass is 19.3. The highest BCUT2D eigenvalue weighted by Crippen LogP contribution is 2.00. The van der Waals surface area contributed by atoms with Crippen LogP contribution in [0.3, 0.4) is 0 Å². The largest absolute Gasteiger partial charge is 0.496 e. The first-order valence-corrected chi connectivity index (χ1v) is 5.79. The summed E-state index contributed by atoms with van der Waals surface area (Å²) in [4.78, 5) is 10.9. The molecule has 0 N–H and O–H groups in total. The predicted octanol–water partition coefficient (Wildman–Crippen LogP) is 3.59. The SMILES string of the molecule is CCOC(=O)/C=C/C=C/CCCCOC=C(F)F. The Morgan fingerprint density at radius 2 is 2.00 bits per heavy atom. The fourth-order valence-corrected chi connectivity index (χ4v) is 1.07. The average Bonchev–Trinajstić information content (AvgIpc) is 2.31. The van der Waals surface area contributed by atoms with Crippen LogP contribution in [0.4, 0.5) is 8.78 Å². The molecule has 18 heavy (non-hydrogen) atoms. The van der Waals surface area contributed by atoms with Crippen LogP contribution in [-0.4, -0.2) is 19.2 Å². The number of esters is 1. The van der Waals surface area contributed by atoms with Crippen molar-refractivity contribution in [3.63, 3.8) is 0 Å². The van der Waals surface area contributed by atoms with Crippen LogP contribution in [0.1, 0.15) is 26.2 Å². The number of hydrogen-bond donors (Lipinski definition) is 0. The molecule has 0 unspecified atom stereocenters. The van der Waals surface area contributed by atoms with Crippen LogP contribution in [0.25, 0.3) is 0 Å². The minimum absolute atomic E-state index is 0.282. The van der Waals surface area contributed by atoms with Crippen molar-refractivity contribution in [2.24, 2.45) is 0 Å². The number of halogens is 2. The number of hydrogen-bond acceptors (Lipinski definition) is 3. The van der Waals surface area contributed by atoms with Crippen molar-refractivity contribution in [1.82, 2.24) is 0 Å². The van der Waals surface area contributed by atoms with Crippen LogP contribution in [-0.2, 0) is 14.3 Å². The molecule has 0 rings (SSSR count). The Bertz CT molecular complexity index is 305. The molecule has 102 valence electrons. The topological polar surface area (TPSA) is 35.5 Å². The zero-order valence-electron chi connectivity index (χ0n) is 10.4. The van der Waals surface area contributed by atoms with Gasteiger partial charge in [0.25, 0.3) is 0 Å². The van der Waals surface area contributed by atoms with E-state index < -0.39 is 6.08 Å². The van der Waals surface area contributed by atoms with Gasteiger partial charge in [-0.1, -0.05) is 18.2 Å². The summed E-state index contributed by atoms with van der Waals surface area (Å²) >= 11 is 0. The summed E-state index contributed by atoms with van der Waals surface area (Å²) in [5.74, 6) is -0.365. The van der Waals surface area contributed by atoms with Gasteiger partial charge >= 0.3 is 12.0 Å². The van der Waals surface area contributed by atoms with E-state index in [2.05, 4.69) is 4.74 Å². The number of carbonyl (C=O) groups is 1. The monoisotopic (exact) mass is 260 g/mol. The number of rotatable bonds is 9. The van der Waals surface area contributed by atoms with Gasteiger partial charge in [-0.15, -0.1) is 0 Å². The lowest BCUT2D eigenvalue weighted by Gasteiger charge is -1.97. The van der Waals surface area contributed by atoms with Crippen molar-refractivity contribution < 1.29 is 23.0 Å². The number of carbonyl (C=O) groups excluding carboxylic acids is 1. The van der Waals surface area contributed by atoms with E-state index in [1.807, 2.05) is 6.08 Å². The molecule has 0 amide bonds. The van der Waals surface area contributed by atoms with Crippen LogP contribution in [0.2, 0.25) is 0 Å². The van der Waals surface area contributed by atoms with E-state index in [9.17, 15) is 13.6 Å². The van der Waals surface area contributed by atoms with E-state index in [1.54, 1.807) is 19.1 Å². The molecule has 0 radical (unpaired) electrons. The summed E-state index contributed by atoms with van der Waals surface area (Å²) in [5, 5.41) is 0. The number of ether oxygens (including phenoxy) is 2. The summed E-state index contributed by atoms with van der Waals surface area (Å²) in [7, 11) is 0. The van der Waals surface area contributed by atoms with Crippen LogP contribution in [0.15, 0.2) is 36.6 Å². The Balaban J connectivity index is 3.43. The van der Waals surface area contributed by atoms with Gasteiger partial charge in [0.2, 0.25) is 0 Å². The molecule has 0 fully saturated rings. The van der Waals surface area contributed by atoms with Gasteiger partial charge in [-0.2, -0.15) is 8.78 Å². The van der Waals surface area contributed by atoms with Crippen molar-refractivity contribution in [2.45, 2.75) is 26.2 Å². The van der Waals surface area contributed by atoms with Crippen molar-refractivity contribution in [2.75, 3.05) is 13.2 Å². The summed E-state index contributed by atoms with van der Waals surface area (Å²) < 4.78 is 32.4. The Labute approximate surface area is 106 Å². The molecule has 0 atom stereocenters. The summed E-state index contributed by atoms with van der Waals surface area (Å²) in [6, 6.07) is 0. The quantitative estimate of drug-likeness (QED) is 0.209. The third kappa shape index (κ3) is 12.4. The van der Waals surface area contributed by atoms with Crippen molar-refractivity contribution in [1.29, 1.82) is 0 Å². The third-order valence-corrected chi connectivity index (χ3v) is 1.82.